The van der Waals surface area contributed by atoms with Gasteiger partial charge in [0, 0.05) is 18.0 Å². The SMILES string of the molecule is O=C(NCCc1ccc(Br)s1)[C@@]12CCCC[C@H]1CNC2. The molecule has 2 fully saturated rings. The highest BCUT2D eigenvalue weighted by atomic mass is 79.9. The summed E-state index contributed by atoms with van der Waals surface area (Å²) < 4.78 is 1.16. The Morgan fingerprint density at radius 2 is 2.40 bits per heavy atom. The molecule has 1 aromatic rings. The van der Waals surface area contributed by atoms with Crippen molar-refractivity contribution in [3.05, 3.63) is 20.8 Å². The van der Waals surface area contributed by atoms with Crippen LogP contribution in [0.3, 0.4) is 0 Å². The average molecular weight is 357 g/mol. The van der Waals surface area contributed by atoms with E-state index >= 15 is 0 Å². The van der Waals surface area contributed by atoms with Gasteiger partial charge < -0.3 is 10.6 Å². The van der Waals surface area contributed by atoms with Gasteiger partial charge in [0.05, 0.1) is 9.20 Å². The zero-order chi connectivity index (χ0) is 14.0. The Kier molecular flexibility index (Phi) is 4.48. The molecular weight excluding hydrogens is 336 g/mol. The molecule has 1 amide bonds. The van der Waals surface area contributed by atoms with Gasteiger partial charge >= 0.3 is 0 Å². The fourth-order valence-electron chi connectivity index (χ4n) is 3.65. The predicted octanol–water partition coefficient (Wildman–Crippen LogP) is 2.95. The highest BCUT2D eigenvalue weighted by molar-refractivity contribution is 9.11. The lowest BCUT2D eigenvalue weighted by Crippen LogP contribution is -2.48. The van der Waals surface area contributed by atoms with E-state index in [1.165, 1.54) is 24.1 Å². The predicted molar refractivity (Wildman–Crippen MR) is 86.0 cm³/mol. The van der Waals surface area contributed by atoms with Crippen LogP contribution in [-0.4, -0.2) is 25.5 Å². The van der Waals surface area contributed by atoms with Gasteiger partial charge in [0.2, 0.25) is 5.91 Å². The van der Waals surface area contributed by atoms with E-state index in [0.717, 1.165) is 36.3 Å². The van der Waals surface area contributed by atoms with E-state index in [1.807, 2.05) is 0 Å². The summed E-state index contributed by atoms with van der Waals surface area (Å²) in [4.78, 5) is 14.0. The van der Waals surface area contributed by atoms with E-state index in [4.69, 9.17) is 0 Å². The van der Waals surface area contributed by atoms with Gasteiger partial charge in [0.25, 0.3) is 0 Å². The van der Waals surface area contributed by atoms with Gasteiger partial charge in [-0.1, -0.05) is 12.8 Å². The van der Waals surface area contributed by atoms with Crippen LogP contribution in [-0.2, 0) is 11.2 Å². The third kappa shape index (κ3) is 2.81. The lowest BCUT2D eigenvalue weighted by atomic mass is 9.67. The Bertz CT molecular complexity index is 490. The quantitative estimate of drug-likeness (QED) is 0.870. The highest BCUT2D eigenvalue weighted by Gasteiger charge is 2.49. The second kappa shape index (κ2) is 6.16. The van der Waals surface area contributed by atoms with Crippen molar-refractivity contribution in [3.63, 3.8) is 0 Å². The largest absolute Gasteiger partial charge is 0.355 e. The summed E-state index contributed by atoms with van der Waals surface area (Å²) in [5.41, 5.74) is -0.117. The number of thiophene rings is 1. The van der Waals surface area contributed by atoms with Gasteiger partial charge in [0.1, 0.15) is 0 Å². The molecule has 0 radical (unpaired) electrons. The summed E-state index contributed by atoms with van der Waals surface area (Å²) in [7, 11) is 0. The Morgan fingerprint density at radius 1 is 1.50 bits per heavy atom. The molecule has 0 unspecified atom stereocenters. The summed E-state index contributed by atoms with van der Waals surface area (Å²) >= 11 is 5.22. The number of halogens is 1. The van der Waals surface area contributed by atoms with Crippen LogP contribution in [0.25, 0.3) is 0 Å². The topological polar surface area (TPSA) is 41.1 Å². The zero-order valence-electron chi connectivity index (χ0n) is 11.6. The van der Waals surface area contributed by atoms with Crippen LogP contribution in [0, 0.1) is 11.3 Å². The van der Waals surface area contributed by atoms with Crippen LogP contribution in [0.4, 0.5) is 0 Å². The Labute approximate surface area is 132 Å². The standard InChI is InChI=1S/C15H21BrN2OS/c16-13-5-4-12(20-13)6-8-18-14(19)15-7-2-1-3-11(15)9-17-10-15/h4-5,11,17H,1-3,6-10H2,(H,18,19)/t11-,15+/m0/s1. The maximum atomic E-state index is 12.6. The molecule has 1 aromatic heterocycles. The van der Waals surface area contributed by atoms with Gasteiger partial charge in [-0.05, 0) is 59.8 Å². The van der Waals surface area contributed by atoms with E-state index < -0.39 is 0 Å². The minimum Gasteiger partial charge on any atom is -0.355 e. The number of carbonyl (C=O) groups is 1. The number of rotatable bonds is 4. The molecule has 1 aliphatic heterocycles. The highest BCUT2D eigenvalue weighted by Crippen LogP contribution is 2.43. The molecule has 2 heterocycles. The van der Waals surface area contributed by atoms with Crippen LogP contribution in [0.15, 0.2) is 15.9 Å². The van der Waals surface area contributed by atoms with E-state index in [1.54, 1.807) is 11.3 Å². The molecule has 3 nitrogen and oxygen atoms in total. The number of amides is 1. The van der Waals surface area contributed by atoms with Crippen molar-refractivity contribution in [3.8, 4) is 0 Å². The van der Waals surface area contributed by atoms with Gasteiger partial charge in [0.15, 0.2) is 0 Å². The molecule has 0 aromatic carbocycles. The summed E-state index contributed by atoms with van der Waals surface area (Å²) in [5, 5.41) is 6.62. The second-order valence-electron chi connectivity index (χ2n) is 5.94. The van der Waals surface area contributed by atoms with Crippen LogP contribution < -0.4 is 10.6 Å². The average Bonchev–Trinajstić information content (AvgIpc) is 3.05. The minimum absolute atomic E-state index is 0.117. The maximum Gasteiger partial charge on any atom is 0.227 e. The van der Waals surface area contributed by atoms with Crippen molar-refractivity contribution in [1.29, 1.82) is 0 Å². The number of hydrogen-bond donors (Lipinski definition) is 2. The number of nitrogens with one attached hydrogen (secondary N) is 2. The van der Waals surface area contributed by atoms with E-state index in [9.17, 15) is 4.79 Å². The Balaban J connectivity index is 1.55. The maximum absolute atomic E-state index is 12.6. The third-order valence-electron chi connectivity index (χ3n) is 4.78. The van der Waals surface area contributed by atoms with E-state index in [0.29, 0.717) is 5.92 Å². The molecule has 2 aliphatic rings. The van der Waals surface area contributed by atoms with Crippen LogP contribution in [0.5, 0.6) is 0 Å². The van der Waals surface area contributed by atoms with Crippen molar-refractivity contribution in [2.45, 2.75) is 32.1 Å². The first-order chi connectivity index (χ1) is 9.71. The molecule has 0 spiro atoms. The lowest BCUT2D eigenvalue weighted by Gasteiger charge is -2.37. The van der Waals surface area contributed by atoms with Gasteiger partial charge in [-0.15, -0.1) is 11.3 Å². The van der Waals surface area contributed by atoms with Crippen molar-refractivity contribution in [2.75, 3.05) is 19.6 Å². The summed E-state index contributed by atoms with van der Waals surface area (Å²) in [6.07, 6.45) is 5.67. The molecule has 2 N–H and O–H groups in total. The van der Waals surface area contributed by atoms with Crippen LogP contribution in [0.1, 0.15) is 30.6 Å². The molecule has 20 heavy (non-hydrogen) atoms. The Hall–Kier alpha value is -0.390. The molecule has 0 bridgehead atoms. The van der Waals surface area contributed by atoms with Crippen molar-refractivity contribution in [2.24, 2.45) is 11.3 Å². The number of carbonyl (C=O) groups excluding carboxylic acids is 1. The third-order valence-corrected chi connectivity index (χ3v) is 6.46. The molecule has 1 aliphatic carbocycles. The van der Waals surface area contributed by atoms with Crippen molar-refractivity contribution in [1.82, 2.24) is 10.6 Å². The smallest absolute Gasteiger partial charge is 0.227 e. The summed E-state index contributed by atoms with van der Waals surface area (Å²) in [6.45, 7) is 2.64. The molecule has 1 saturated heterocycles. The fraction of sp³-hybridized carbons (Fsp3) is 0.667. The molecule has 5 heteroatoms. The first-order valence-corrected chi connectivity index (χ1v) is 9.05. The molecular formula is C15H21BrN2OS. The molecule has 1 saturated carbocycles. The van der Waals surface area contributed by atoms with Gasteiger partial charge in [-0.2, -0.15) is 0 Å². The lowest BCUT2D eigenvalue weighted by molar-refractivity contribution is -0.133. The minimum atomic E-state index is -0.117. The fourth-order valence-corrected chi connectivity index (χ4v) is 5.13. The van der Waals surface area contributed by atoms with Crippen molar-refractivity contribution < 1.29 is 4.79 Å². The van der Waals surface area contributed by atoms with Crippen LogP contribution >= 0.6 is 27.3 Å². The van der Waals surface area contributed by atoms with Gasteiger partial charge in [-0.3, -0.25) is 4.79 Å². The van der Waals surface area contributed by atoms with E-state index in [2.05, 4.69) is 38.7 Å². The van der Waals surface area contributed by atoms with Crippen molar-refractivity contribution >= 4 is 33.2 Å². The monoisotopic (exact) mass is 356 g/mol. The summed E-state index contributed by atoms with van der Waals surface area (Å²) in [5.74, 6) is 0.829. The molecule has 3 rings (SSSR count). The number of hydrogen-bond acceptors (Lipinski definition) is 3. The summed E-state index contributed by atoms with van der Waals surface area (Å²) in [6, 6.07) is 4.19. The second-order valence-corrected chi connectivity index (χ2v) is 8.49. The van der Waals surface area contributed by atoms with Crippen LogP contribution in [0.2, 0.25) is 0 Å². The first kappa shape index (κ1) is 14.5. The van der Waals surface area contributed by atoms with Gasteiger partial charge in [-0.25, -0.2) is 0 Å². The first-order valence-electron chi connectivity index (χ1n) is 7.44. The Morgan fingerprint density at radius 3 is 3.20 bits per heavy atom. The zero-order valence-corrected chi connectivity index (χ0v) is 14.0. The van der Waals surface area contributed by atoms with E-state index in [-0.39, 0.29) is 11.3 Å². The normalized spacial score (nSPS) is 29.1. The number of fused-ring (bicyclic) bond motifs is 1. The molecule has 2 atom stereocenters. The molecule has 110 valence electrons.